The van der Waals surface area contributed by atoms with Gasteiger partial charge >= 0.3 is 5.97 Å². The fourth-order valence-corrected chi connectivity index (χ4v) is 7.09. The highest BCUT2D eigenvalue weighted by molar-refractivity contribution is 7.89. The zero-order valence-electron chi connectivity index (χ0n) is 19.9. The summed E-state index contributed by atoms with van der Waals surface area (Å²) in [4.78, 5) is 22.4. The minimum absolute atomic E-state index is 0.203. The van der Waals surface area contributed by atoms with Crippen molar-refractivity contribution < 1.29 is 17.9 Å². The van der Waals surface area contributed by atoms with Gasteiger partial charge < -0.3 is 14.5 Å². The van der Waals surface area contributed by atoms with Gasteiger partial charge in [-0.2, -0.15) is 4.31 Å². The van der Waals surface area contributed by atoms with Crippen molar-refractivity contribution in [1.82, 2.24) is 14.2 Å². The molecule has 0 aliphatic carbocycles. The van der Waals surface area contributed by atoms with Crippen molar-refractivity contribution in [2.45, 2.75) is 31.1 Å². The van der Waals surface area contributed by atoms with E-state index >= 15 is 0 Å². The molecule has 0 amide bonds. The first kappa shape index (κ1) is 24.2. The van der Waals surface area contributed by atoms with Crippen LogP contribution in [0.15, 0.2) is 47.4 Å². The Balaban J connectivity index is 1.26. The molecular formula is C25H30N4O4S2. The average Bonchev–Trinajstić information content (AvgIpc) is 3.33. The summed E-state index contributed by atoms with van der Waals surface area (Å²) in [5, 5.41) is 0.990. The molecule has 2 aliphatic rings. The summed E-state index contributed by atoms with van der Waals surface area (Å²) >= 11 is 1.60. The number of sulfonamides is 1. The molecule has 186 valence electrons. The molecule has 5 rings (SSSR count). The fraction of sp³-hybridized carbons (Fsp3) is 0.440. The van der Waals surface area contributed by atoms with E-state index in [1.165, 1.54) is 28.6 Å². The minimum atomic E-state index is -3.53. The molecule has 0 unspecified atom stereocenters. The minimum Gasteiger partial charge on any atom is -0.423 e. The Bertz CT molecular complexity index is 1290. The van der Waals surface area contributed by atoms with Crippen LogP contribution in [-0.2, 0) is 10.0 Å². The lowest BCUT2D eigenvalue weighted by Gasteiger charge is -2.33. The molecule has 0 spiro atoms. The predicted molar refractivity (Wildman–Crippen MR) is 138 cm³/mol. The highest BCUT2D eigenvalue weighted by Crippen LogP contribution is 2.32. The Morgan fingerprint density at radius 2 is 1.69 bits per heavy atom. The van der Waals surface area contributed by atoms with Crippen molar-refractivity contribution in [2.24, 2.45) is 0 Å². The normalized spacial score (nSPS) is 18.1. The molecule has 3 aromatic rings. The average molecular weight is 515 g/mol. The van der Waals surface area contributed by atoms with Gasteiger partial charge in [-0.3, -0.25) is 0 Å². The largest absolute Gasteiger partial charge is 0.423 e. The lowest BCUT2D eigenvalue weighted by atomic mass is 10.2. The second-order valence-electron chi connectivity index (χ2n) is 8.93. The molecule has 0 saturated carbocycles. The van der Waals surface area contributed by atoms with Gasteiger partial charge in [-0.25, -0.2) is 18.2 Å². The molecule has 2 aromatic carbocycles. The Kier molecular flexibility index (Phi) is 7.06. The molecule has 1 aromatic heterocycles. The summed E-state index contributed by atoms with van der Waals surface area (Å²) in [7, 11) is -3.53. The monoisotopic (exact) mass is 514 g/mol. The Morgan fingerprint density at radius 1 is 0.971 bits per heavy atom. The maximum atomic E-state index is 12.8. The van der Waals surface area contributed by atoms with Gasteiger partial charge in [-0.1, -0.05) is 24.7 Å². The van der Waals surface area contributed by atoms with E-state index < -0.39 is 16.0 Å². The van der Waals surface area contributed by atoms with Crippen LogP contribution in [0, 0.1) is 0 Å². The van der Waals surface area contributed by atoms with Gasteiger partial charge in [0.1, 0.15) is 5.75 Å². The maximum absolute atomic E-state index is 12.8. The molecule has 0 atom stereocenters. The van der Waals surface area contributed by atoms with Crippen molar-refractivity contribution in [3.05, 3.63) is 48.0 Å². The summed E-state index contributed by atoms with van der Waals surface area (Å²) in [6.07, 6.45) is 2.82. The molecule has 3 heterocycles. The van der Waals surface area contributed by atoms with Crippen molar-refractivity contribution >= 4 is 42.7 Å². The number of carbonyl (C=O) groups excluding carboxylic acids is 1. The van der Waals surface area contributed by atoms with Crippen LogP contribution in [0.2, 0.25) is 0 Å². The van der Waals surface area contributed by atoms with Crippen LogP contribution in [0.1, 0.15) is 36.5 Å². The van der Waals surface area contributed by atoms with Crippen LogP contribution in [0.4, 0.5) is 5.13 Å². The third-order valence-electron chi connectivity index (χ3n) is 6.69. The first-order chi connectivity index (χ1) is 16.9. The number of nitrogens with zero attached hydrogens (tertiary/aromatic N) is 4. The number of fused-ring (bicyclic) bond motifs is 1. The topological polar surface area (TPSA) is 83.0 Å². The van der Waals surface area contributed by atoms with E-state index in [0.717, 1.165) is 67.3 Å². The first-order valence-corrected chi connectivity index (χ1v) is 14.4. The van der Waals surface area contributed by atoms with Crippen molar-refractivity contribution in [3.63, 3.8) is 0 Å². The molecule has 2 saturated heterocycles. The van der Waals surface area contributed by atoms with Crippen molar-refractivity contribution in [3.8, 4) is 5.75 Å². The van der Waals surface area contributed by atoms with E-state index in [4.69, 9.17) is 9.72 Å². The molecule has 2 aliphatic heterocycles. The SMILES string of the molecule is CCN1CCN(c2nc3ccc(OC(=O)c4ccc(S(=O)(=O)N5CCCCC5)cc4)cc3s2)CC1. The van der Waals surface area contributed by atoms with Gasteiger partial charge in [0.2, 0.25) is 10.0 Å². The molecule has 8 nitrogen and oxygen atoms in total. The number of hydrogen-bond donors (Lipinski definition) is 0. The van der Waals surface area contributed by atoms with Crippen LogP contribution >= 0.6 is 11.3 Å². The highest BCUT2D eigenvalue weighted by Gasteiger charge is 2.26. The number of hydrogen-bond acceptors (Lipinski definition) is 8. The van der Waals surface area contributed by atoms with Gasteiger partial charge in [0.15, 0.2) is 5.13 Å². The number of thiazole rings is 1. The van der Waals surface area contributed by atoms with Crippen LogP contribution in [0.25, 0.3) is 10.2 Å². The number of esters is 1. The second-order valence-corrected chi connectivity index (χ2v) is 11.9. The zero-order chi connectivity index (χ0) is 24.4. The van der Waals surface area contributed by atoms with Crippen molar-refractivity contribution in [1.29, 1.82) is 0 Å². The maximum Gasteiger partial charge on any atom is 0.343 e. The van der Waals surface area contributed by atoms with Gasteiger partial charge in [0, 0.05) is 45.3 Å². The van der Waals surface area contributed by atoms with E-state index in [1.807, 2.05) is 12.1 Å². The van der Waals surface area contributed by atoms with Gasteiger partial charge in [0.25, 0.3) is 0 Å². The highest BCUT2D eigenvalue weighted by atomic mass is 32.2. The molecular weight excluding hydrogens is 484 g/mol. The lowest BCUT2D eigenvalue weighted by Crippen LogP contribution is -2.46. The molecule has 35 heavy (non-hydrogen) atoms. The third-order valence-corrected chi connectivity index (χ3v) is 9.68. The molecule has 10 heteroatoms. The number of carbonyl (C=O) groups is 1. The summed E-state index contributed by atoms with van der Waals surface area (Å²) in [5.74, 6) is -0.0785. The van der Waals surface area contributed by atoms with Crippen molar-refractivity contribution in [2.75, 3.05) is 50.7 Å². The van der Waals surface area contributed by atoms with Crippen LogP contribution in [0.3, 0.4) is 0 Å². The fourth-order valence-electron chi connectivity index (χ4n) is 4.53. The Morgan fingerprint density at radius 3 is 2.37 bits per heavy atom. The zero-order valence-corrected chi connectivity index (χ0v) is 21.5. The number of aromatic nitrogens is 1. The van der Waals surface area contributed by atoms with E-state index in [9.17, 15) is 13.2 Å². The lowest BCUT2D eigenvalue weighted by molar-refractivity contribution is 0.0735. The summed E-state index contributed by atoms with van der Waals surface area (Å²) < 4.78 is 33.7. The van der Waals surface area contributed by atoms with Crippen LogP contribution in [0.5, 0.6) is 5.75 Å². The molecule has 0 bridgehead atoms. The van der Waals surface area contributed by atoms with Gasteiger partial charge in [-0.15, -0.1) is 0 Å². The quantitative estimate of drug-likeness (QED) is 0.365. The smallest absolute Gasteiger partial charge is 0.343 e. The van der Waals surface area contributed by atoms with Crippen LogP contribution in [-0.4, -0.2) is 74.4 Å². The summed E-state index contributed by atoms with van der Waals surface area (Å²) in [6, 6.07) is 11.4. The number of piperidine rings is 1. The molecule has 0 radical (unpaired) electrons. The van der Waals surface area contributed by atoms with E-state index in [2.05, 4.69) is 16.7 Å². The summed E-state index contributed by atoms with van der Waals surface area (Å²) in [6.45, 7) is 8.33. The third kappa shape index (κ3) is 5.20. The number of likely N-dealkylation sites (N-methyl/N-ethyl adjacent to an activating group) is 1. The Hall–Kier alpha value is -2.53. The van der Waals surface area contributed by atoms with E-state index in [1.54, 1.807) is 17.4 Å². The standard InChI is InChI=1S/C25H30N4O4S2/c1-2-27-14-16-28(17-15-27)25-26-22-11-8-20(18-23(22)34-25)33-24(30)19-6-9-21(10-7-19)35(31,32)29-12-4-3-5-13-29/h6-11,18H,2-5,12-17H2,1H3. The van der Waals surface area contributed by atoms with Crippen LogP contribution < -0.4 is 9.64 Å². The van der Waals surface area contributed by atoms with Gasteiger partial charge in [-0.05, 0) is 55.8 Å². The predicted octanol–water partition coefficient (Wildman–Crippen LogP) is 3.83. The van der Waals surface area contributed by atoms with E-state index in [0.29, 0.717) is 24.4 Å². The Labute approximate surface area is 210 Å². The summed E-state index contributed by atoms with van der Waals surface area (Å²) in [5.41, 5.74) is 1.19. The number of rotatable bonds is 6. The molecule has 2 fully saturated rings. The number of anilines is 1. The number of piperazine rings is 1. The number of ether oxygens (including phenoxy) is 1. The second kappa shape index (κ2) is 10.2. The number of benzene rings is 2. The van der Waals surface area contributed by atoms with E-state index in [-0.39, 0.29) is 4.90 Å². The van der Waals surface area contributed by atoms with Gasteiger partial charge in [0.05, 0.1) is 20.7 Å². The molecule has 0 N–H and O–H groups in total. The first-order valence-electron chi connectivity index (χ1n) is 12.1.